The largest absolute Gasteiger partial charge is 0.494 e. The zero-order valence-corrected chi connectivity index (χ0v) is 25.6. The number of pyridine rings is 1. The molecule has 2 aromatic carbocycles. The van der Waals surface area contributed by atoms with E-state index in [-0.39, 0.29) is 0 Å². The highest BCUT2D eigenvalue weighted by atomic mass is 16.5. The van der Waals surface area contributed by atoms with Gasteiger partial charge in [-0.05, 0) is 67.1 Å². The molecule has 1 heterocycles. The van der Waals surface area contributed by atoms with Gasteiger partial charge in [0.05, 0.1) is 18.7 Å². The summed E-state index contributed by atoms with van der Waals surface area (Å²) in [6.45, 7) is 7.63. The van der Waals surface area contributed by atoms with E-state index >= 15 is 0 Å². The Labute approximate surface area is 250 Å². The molecule has 0 aliphatic heterocycles. The minimum atomic E-state index is 0.770. The van der Waals surface area contributed by atoms with E-state index in [2.05, 4.69) is 79.2 Å². The number of benzene rings is 2. The summed E-state index contributed by atoms with van der Waals surface area (Å²) in [5.41, 5.74) is 3.21. The first kappa shape index (κ1) is 32.4. The van der Waals surface area contributed by atoms with Crippen molar-refractivity contribution in [2.24, 2.45) is 0 Å². The molecule has 0 fully saturated rings. The predicted molar refractivity (Wildman–Crippen MR) is 178 cm³/mol. The number of fused-ring (bicyclic) bond motifs is 1. The number of aromatic nitrogens is 1. The van der Waals surface area contributed by atoms with E-state index in [1.807, 2.05) is 12.3 Å². The highest BCUT2D eigenvalue weighted by molar-refractivity contribution is 5.83. The van der Waals surface area contributed by atoms with Gasteiger partial charge in [-0.15, -0.1) is 6.58 Å². The molecule has 0 amide bonds. The first-order valence-corrected chi connectivity index (χ1v) is 16.3. The Morgan fingerprint density at radius 1 is 0.610 bits per heavy atom. The number of allylic oxidation sites excluding steroid dienone is 1. The standard InChI is InChI=1S/C38H53NO2/c1-3-5-7-9-11-13-15-17-19-29-41-37-27-24-35-30-34(32-39-38(35)31-37)21-20-33-22-25-36(26-23-33)40-28-18-16-14-12-10-8-6-4-2/h3,20-27,30-32H,1,4-19,28-29H2,2H3/b21-20+. The molecule has 0 spiro atoms. The summed E-state index contributed by atoms with van der Waals surface area (Å²) in [6, 6.07) is 16.8. The second kappa shape index (κ2) is 20.8. The van der Waals surface area contributed by atoms with Crippen LogP contribution in [0, 0.1) is 0 Å². The van der Waals surface area contributed by atoms with Crippen molar-refractivity contribution >= 4 is 23.1 Å². The van der Waals surface area contributed by atoms with E-state index in [1.165, 1.54) is 83.5 Å². The number of hydrogen-bond acceptors (Lipinski definition) is 3. The van der Waals surface area contributed by atoms with E-state index < -0.39 is 0 Å². The van der Waals surface area contributed by atoms with Crippen LogP contribution in [0.1, 0.15) is 121 Å². The Balaban J connectivity index is 1.33. The molecule has 41 heavy (non-hydrogen) atoms. The molecule has 0 saturated carbocycles. The van der Waals surface area contributed by atoms with E-state index in [4.69, 9.17) is 9.47 Å². The van der Waals surface area contributed by atoms with Gasteiger partial charge >= 0.3 is 0 Å². The molecule has 0 bridgehead atoms. The van der Waals surface area contributed by atoms with Gasteiger partial charge in [-0.3, -0.25) is 4.98 Å². The number of nitrogens with zero attached hydrogens (tertiary/aromatic N) is 1. The average Bonchev–Trinajstić information content (AvgIpc) is 3.00. The van der Waals surface area contributed by atoms with Crippen molar-refractivity contribution in [3.63, 3.8) is 0 Å². The Morgan fingerprint density at radius 2 is 1.17 bits per heavy atom. The highest BCUT2D eigenvalue weighted by Gasteiger charge is 2.01. The minimum absolute atomic E-state index is 0.770. The van der Waals surface area contributed by atoms with E-state index in [9.17, 15) is 0 Å². The normalized spacial score (nSPS) is 11.3. The van der Waals surface area contributed by atoms with Gasteiger partial charge in [0, 0.05) is 17.6 Å². The van der Waals surface area contributed by atoms with Crippen molar-refractivity contribution in [1.29, 1.82) is 0 Å². The van der Waals surface area contributed by atoms with Gasteiger partial charge in [0.25, 0.3) is 0 Å². The molecular formula is C38H53NO2. The maximum absolute atomic E-state index is 6.00. The van der Waals surface area contributed by atoms with Crippen LogP contribution in [-0.2, 0) is 0 Å². The molecule has 0 radical (unpaired) electrons. The van der Waals surface area contributed by atoms with Crippen LogP contribution < -0.4 is 9.47 Å². The van der Waals surface area contributed by atoms with Gasteiger partial charge in [-0.1, -0.05) is 114 Å². The molecule has 3 rings (SSSR count). The minimum Gasteiger partial charge on any atom is -0.494 e. The van der Waals surface area contributed by atoms with Gasteiger partial charge in [0.2, 0.25) is 0 Å². The molecule has 3 aromatic rings. The third-order valence-electron chi connectivity index (χ3n) is 7.61. The summed E-state index contributed by atoms with van der Waals surface area (Å²) in [5, 5.41) is 1.13. The Morgan fingerprint density at radius 3 is 1.83 bits per heavy atom. The quantitative estimate of drug-likeness (QED) is 0.0861. The van der Waals surface area contributed by atoms with Crippen molar-refractivity contribution < 1.29 is 9.47 Å². The van der Waals surface area contributed by atoms with Crippen molar-refractivity contribution in [3.05, 3.63) is 78.5 Å². The van der Waals surface area contributed by atoms with Gasteiger partial charge in [-0.25, -0.2) is 0 Å². The summed E-state index contributed by atoms with van der Waals surface area (Å²) >= 11 is 0. The monoisotopic (exact) mass is 555 g/mol. The highest BCUT2D eigenvalue weighted by Crippen LogP contribution is 2.22. The van der Waals surface area contributed by atoms with Gasteiger partial charge in [-0.2, -0.15) is 0 Å². The Kier molecular flexibility index (Phi) is 16.4. The summed E-state index contributed by atoms with van der Waals surface area (Å²) in [7, 11) is 0. The van der Waals surface area contributed by atoms with E-state index in [1.54, 1.807) is 0 Å². The molecule has 0 saturated heterocycles. The average molecular weight is 556 g/mol. The first-order valence-electron chi connectivity index (χ1n) is 16.3. The lowest BCUT2D eigenvalue weighted by Crippen LogP contribution is -1.97. The fourth-order valence-corrected chi connectivity index (χ4v) is 5.06. The molecular weight excluding hydrogens is 502 g/mol. The van der Waals surface area contributed by atoms with Crippen LogP contribution in [0.15, 0.2) is 67.4 Å². The predicted octanol–water partition coefficient (Wildman–Crippen LogP) is 11.6. The van der Waals surface area contributed by atoms with Crippen molar-refractivity contribution in [2.45, 2.75) is 110 Å². The van der Waals surface area contributed by atoms with Crippen molar-refractivity contribution in [2.75, 3.05) is 13.2 Å². The van der Waals surface area contributed by atoms with Gasteiger partial charge in [0.1, 0.15) is 11.5 Å². The zero-order chi connectivity index (χ0) is 28.8. The van der Waals surface area contributed by atoms with E-state index in [0.717, 1.165) is 66.0 Å². The maximum Gasteiger partial charge on any atom is 0.121 e. The van der Waals surface area contributed by atoms with Crippen LogP contribution in [0.2, 0.25) is 0 Å². The first-order chi connectivity index (χ1) is 20.3. The second-order valence-corrected chi connectivity index (χ2v) is 11.2. The Hall–Kier alpha value is -3.07. The molecule has 0 atom stereocenters. The molecule has 3 heteroatoms. The zero-order valence-electron chi connectivity index (χ0n) is 25.6. The molecule has 0 aliphatic carbocycles. The molecule has 0 unspecified atom stereocenters. The second-order valence-electron chi connectivity index (χ2n) is 11.2. The third-order valence-corrected chi connectivity index (χ3v) is 7.61. The topological polar surface area (TPSA) is 31.4 Å². The van der Waals surface area contributed by atoms with Crippen LogP contribution >= 0.6 is 0 Å². The SMILES string of the molecule is C=CCCCCCCCCCOc1ccc2cc(/C=C/c3ccc(OCCCCCCCCCC)cc3)cnc2c1. The van der Waals surface area contributed by atoms with Gasteiger partial charge < -0.3 is 9.47 Å². The summed E-state index contributed by atoms with van der Waals surface area (Å²) in [6.07, 6.45) is 28.8. The lowest BCUT2D eigenvalue weighted by molar-refractivity contribution is 0.304. The molecule has 1 aromatic heterocycles. The number of unbranched alkanes of at least 4 members (excludes halogenated alkanes) is 14. The summed E-state index contributed by atoms with van der Waals surface area (Å²) in [5.74, 6) is 1.85. The summed E-state index contributed by atoms with van der Waals surface area (Å²) < 4.78 is 11.9. The molecule has 222 valence electrons. The van der Waals surface area contributed by atoms with Crippen LogP contribution in [0.25, 0.3) is 23.1 Å². The lowest BCUT2D eigenvalue weighted by atomic mass is 10.1. The maximum atomic E-state index is 6.00. The Bertz CT molecular complexity index is 1130. The van der Waals surface area contributed by atoms with Crippen LogP contribution in [0.3, 0.4) is 0 Å². The molecule has 3 nitrogen and oxygen atoms in total. The van der Waals surface area contributed by atoms with Crippen LogP contribution in [0.4, 0.5) is 0 Å². The summed E-state index contributed by atoms with van der Waals surface area (Å²) in [4.78, 5) is 4.68. The van der Waals surface area contributed by atoms with Crippen molar-refractivity contribution in [1.82, 2.24) is 4.98 Å². The number of hydrogen-bond donors (Lipinski definition) is 0. The van der Waals surface area contributed by atoms with Crippen LogP contribution in [-0.4, -0.2) is 18.2 Å². The van der Waals surface area contributed by atoms with Crippen molar-refractivity contribution in [3.8, 4) is 11.5 Å². The van der Waals surface area contributed by atoms with E-state index in [0.29, 0.717) is 0 Å². The fourth-order valence-electron chi connectivity index (χ4n) is 5.06. The lowest BCUT2D eigenvalue weighted by Gasteiger charge is -2.08. The smallest absolute Gasteiger partial charge is 0.121 e. The third kappa shape index (κ3) is 13.9. The van der Waals surface area contributed by atoms with Gasteiger partial charge in [0.15, 0.2) is 0 Å². The van der Waals surface area contributed by atoms with Crippen LogP contribution in [0.5, 0.6) is 11.5 Å². The molecule has 0 aliphatic rings. The number of ether oxygens (including phenoxy) is 2. The molecule has 0 N–H and O–H groups in total. The fraction of sp³-hybridized carbons (Fsp3) is 0.500. The number of rotatable bonds is 23.